The van der Waals surface area contributed by atoms with E-state index in [9.17, 15) is 9.59 Å². The normalized spacial score (nSPS) is 16.4. The van der Waals surface area contributed by atoms with Crippen molar-refractivity contribution in [2.45, 2.75) is 26.0 Å². The molecule has 2 fully saturated rings. The molecule has 1 aromatic carbocycles. The number of nitrogens with zero attached hydrogens (tertiary/aromatic N) is 5. The largest absolute Gasteiger partial charge is 0.492 e. The number of hydrogen-bond donors (Lipinski definition) is 1. The minimum atomic E-state index is -0.0449. The van der Waals surface area contributed by atoms with Crippen LogP contribution in [-0.2, 0) is 25.6 Å². The van der Waals surface area contributed by atoms with E-state index in [1.54, 1.807) is 30.5 Å². The standard InChI is InChI=1S/C21H29N5O4.C10H13NO3/c1-18-2-4-20(5-3-18)30-13-10-25(7-6-24-8-11-29-12-9-24)21(28)16-26-15-19(14-23-26)22-17-27;1-12-10-6-8(2-4-11-10)14-9-3-5-13-7-9/h2-5,14-15,17H,6-13,16H2,1H3,(H,22,27);2,4,6,9H,3,5,7H2,1H3. The third-order valence-corrected chi connectivity index (χ3v) is 7.06. The van der Waals surface area contributed by atoms with Gasteiger partial charge in [0.15, 0.2) is 0 Å². The van der Waals surface area contributed by atoms with Gasteiger partial charge in [-0.2, -0.15) is 5.10 Å². The maximum atomic E-state index is 12.9. The number of carbonyl (C=O) groups is 2. The third-order valence-electron chi connectivity index (χ3n) is 7.06. The van der Waals surface area contributed by atoms with Gasteiger partial charge < -0.3 is 33.9 Å². The molecule has 13 nitrogen and oxygen atoms in total. The van der Waals surface area contributed by atoms with Crippen LogP contribution in [0.4, 0.5) is 5.69 Å². The fraction of sp³-hybridized carbons (Fsp3) is 0.484. The van der Waals surface area contributed by atoms with E-state index in [0.717, 1.165) is 57.4 Å². The molecule has 0 saturated carbocycles. The lowest BCUT2D eigenvalue weighted by atomic mass is 10.2. The van der Waals surface area contributed by atoms with E-state index in [-0.39, 0.29) is 18.6 Å². The van der Waals surface area contributed by atoms with Crippen molar-refractivity contribution in [2.75, 3.05) is 78.2 Å². The van der Waals surface area contributed by atoms with Gasteiger partial charge in [-0.3, -0.25) is 19.2 Å². The Balaban J connectivity index is 0.000000262. The molecule has 1 unspecified atom stereocenters. The Labute approximate surface area is 258 Å². The topological polar surface area (TPSA) is 130 Å². The maximum absolute atomic E-state index is 12.9. The first-order valence-electron chi connectivity index (χ1n) is 14.8. The molecule has 1 atom stereocenters. The Morgan fingerprint density at radius 1 is 1.11 bits per heavy atom. The molecule has 0 spiro atoms. The lowest BCUT2D eigenvalue weighted by molar-refractivity contribution is -0.132. The number of methoxy groups -OCH3 is 1. The highest BCUT2D eigenvalue weighted by Gasteiger charge is 2.19. The summed E-state index contributed by atoms with van der Waals surface area (Å²) in [5.41, 5.74) is 1.73. The van der Waals surface area contributed by atoms with Crippen molar-refractivity contribution in [1.82, 2.24) is 24.6 Å². The quantitative estimate of drug-likeness (QED) is 0.271. The predicted molar refractivity (Wildman–Crippen MR) is 163 cm³/mol. The van der Waals surface area contributed by atoms with Crippen LogP contribution in [0.1, 0.15) is 12.0 Å². The molecule has 0 radical (unpaired) electrons. The number of hydrogen-bond acceptors (Lipinski definition) is 10. The van der Waals surface area contributed by atoms with Crippen molar-refractivity contribution in [3.8, 4) is 17.4 Å². The zero-order valence-electron chi connectivity index (χ0n) is 25.4. The van der Waals surface area contributed by atoms with E-state index >= 15 is 0 Å². The Morgan fingerprint density at radius 2 is 1.93 bits per heavy atom. The summed E-state index contributed by atoms with van der Waals surface area (Å²) in [6, 6.07) is 11.5. The minimum Gasteiger partial charge on any atom is -0.492 e. The highest BCUT2D eigenvalue weighted by molar-refractivity contribution is 5.76. The molecule has 2 saturated heterocycles. The molecule has 2 amide bonds. The van der Waals surface area contributed by atoms with Gasteiger partial charge in [0.1, 0.15) is 30.8 Å². The first kappa shape index (κ1) is 32.7. The summed E-state index contributed by atoms with van der Waals surface area (Å²) < 4.78 is 28.6. The van der Waals surface area contributed by atoms with E-state index in [1.807, 2.05) is 37.3 Å². The number of carbonyl (C=O) groups excluding carboxylic acids is 2. The number of anilines is 1. The van der Waals surface area contributed by atoms with E-state index in [1.165, 1.54) is 16.4 Å². The third kappa shape index (κ3) is 11.1. The molecule has 13 heteroatoms. The fourth-order valence-electron chi connectivity index (χ4n) is 4.56. The van der Waals surface area contributed by atoms with Gasteiger partial charge in [-0.15, -0.1) is 0 Å². The van der Waals surface area contributed by atoms with E-state index in [0.29, 0.717) is 44.3 Å². The number of pyridine rings is 1. The number of aryl methyl sites for hydroxylation is 1. The van der Waals surface area contributed by atoms with Gasteiger partial charge in [-0.05, 0) is 25.1 Å². The number of aromatic nitrogens is 3. The molecule has 0 aliphatic carbocycles. The van der Waals surface area contributed by atoms with Crippen LogP contribution in [0.3, 0.4) is 0 Å². The highest BCUT2D eigenvalue weighted by Crippen LogP contribution is 2.20. The van der Waals surface area contributed by atoms with Gasteiger partial charge >= 0.3 is 0 Å². The Bertz CT molecular complexity index is 1280. The molecule has 2 aliphatic rings. The number of amides is 2. The molecule has 4 heterocycles. The SMILES string of the molecule is COc1cc(OC2CCOC2)ccn1.Cc1ccc(OCCN(CCN2CCOCC2)C(=O)Cn2cc(NC=O)cn2)cc1. The number of morpholine rings is 1. The summed E-state index contributed by atoms with van der Waals surface area (Å²) in [5, 5.41) is 6.66. The summed E-state index contributed by atoms with van der Waals surface area (Å²) >= 11 is 0. The predicted octanol–water partition coefficient (Wildman–Crippen LogP) is 2.26. The van der Waals surface area contributed by atoms with Gasteiger partial charge in [-0.25, -0.2) is 4.98 Å². The van der Waals surface area contributed by atoms with Crippen LogP contribution in [0.25, 0.3) is 0 Å². The summed E-state index contributed by atoms with van der Waals surface area (Å²) in [6.07, 6.45) is 6.52. The average molecular weight is 611 g/mol. The highest BCUT2D eigenvalue weighted by atomic mass is 16.5. The van der Waals surface area contributed by atoms with Crippen LogP contribution in [-0.4, -0.2) is 116 Å². The molecule has 44 heavy (non-hydrogen) atoms. The molecule has 1 N–H and O–H groups in total. The van der Waals surface area contributed by atoms with Crippen molar-refractivity contribution in [1.29, 1.82) is 0 Å². The van der Waals surface area contributed by atoms with Crippen LogP contribution in [0, 0.1) is 6.92 Å². The van der Waals surface area contributed by atoms with Crippen molar-refractivity contribution < 1.29 is 33.3 Å². The van der Waals surface area contributed by atoms with Gasteiger partial charge in [-0.1, -0.05) is 17.7 Å². The molecule has 238 valence electrons. The van der Waals surface area contributed by atoms with Crippen molar-refractivity contribution in [3.63, 3.8) is 0 Å². The Morgan fingerprint density at radius 3 is 2.66 bits per heavy atom. The van der Waals surface area contributed by atoms with E-state index in [4.69, 9.17) is 23.7 Å². The first-order valence-corrected chi connectivity index (χ1v) is 14.8. The maximum Gasteiger partial charge on any atom is 0.244 e. The molecular formula is C31H42N6O7. The fourth-order valence-corrected chi connectivity index (χ4v) is 4.56. The van der Waals surface area contributed by atoms with Gasteiger partial charge in [0.2, 0.25) is 18.2 Å². The summed E-state index contributed by atoms with van der Waals surface area (Å²) in [7, 11) is 1.59. The van der Waals surface area contributed by atoms with Crippen LogP contribution in [0.15, 0.2) is 55.0 Å². The van der Waals surface area contributed by atoms with Crippen molar-refractivity contribution >= 4 is 18.0 Å². The summed E-state index contributed by atoms with van der Waals surface area (Å²) in [4.78, 5) is 31.6. The summed E-state index contributed by atoms with van der Waals surface area (Å²) in [5.74, 6) is 2.10. The second kappa shape index (κ2) is 17.8. The summed E-state index contributed by atoms with van der Waals surface area (Å²) in [6.45, 7) is 9.09. The van der Waals surface area contributed by atoms with Gasteiger partial charge in [0, 0.05) is 51.1 Å². The molecule has 3 aromatic rings. The van der Waals surface area contributed by atoms with Crippen LogP contribution >= 0.6 is 0 Å². The van der Waals surface area contributed by atoms with Crippen LogP contribution < -0.4 is 19.5 Å². The minimum absolute atomic E-state index is 0.0449. The van der Waals surface area contributed by atoms with Crippen LogP contribution in [0.2, 0.25) is 0 Å². The van der Waals surface area contributed by atoms with Crippen LogP contribution in [0.5, 0.6) is 17.4 Å². The zero-order valence-corrected chi connectivity index (χ0v) is 25.4. The van der Waals surface area contributed by atoms with Gasteiger partial charge in [0.05, 0.1) is 52.0 Å². The molecule has 2 aromatic heterocycles. The lowest BCUT2D eigenvalue weighted by Crippen LogP contribution is -2.45. The Kier molecular flexibility index (Phi) is 13.2. The Hall–Kier alpha value is -4.20. The smallest absolute Gasteiger partial charge is 0.244 e. The number of rotatable bonds is 14. The zero-order chi connectivity index (χ0) is 31.0. The monoisotopic (exact) mass is 610 g/mol. The molecule has 2 aliphatic heterocycles. The second-order valence-corrected chi connectivity index (χ2v) is 10.3. The average Bonchev–Trinajstić information content (AvgIpc) is 3.73. The molecular weight excluding hydrogens is 568 g/mol. The molecule has 0 bridgehead atoms. The number of nitrogens with one attached hydrogen (secondary N) is 1. The lowest BCUT2D eigenvalue weighted by Gasteiger charge is -2.30. The second-order valence-electron chi connectivity index (χ2n) is 10.3. The number of ether oxygens (including phenoxy) is 5. The van der Waals surface area contributed by atoms with Crippen molar-refractivity contribution in [2.24, 2.45) is 0 Å². The molecule has 5 rings (SSSR count). The van der Waals surface area contributed by atoms with Crippen molar-refractivity contribution in [3.05, 3.63) is 60.6 Å². The first-order chi connectivity index (χ1) is 21.5. The number of benzene rings is 1. The van der Waals surface area contributed by atoms with E-state index < -0.39 is 0 Å². The van der Waals surface area contributed by atoms with Gasteiger partial charge in [0.25, 0.3) is 0 Å². The van der Waals surface area contributed by atoms with E-state index in [2.05, 4.69) is 20.3 Å².